The molecule has 0 radical (unpaired) electrons. The Labute approximate surface area is 166 Å². The fourth-order valence-corrected chi connectivity index (χ4v) is 2.73. The summed E-state index contributed by atoms with van der Waals surface area (Å²) in [7, 11) is 0. The van der Waals surface area contributed by atoms with Crippen LogP contribution in [0.4, 0.5) is 0 Å². The lowest BCUT2D eigenvalue weighted by Gasteiger charge is -2.44. The van der Waals surface area contributed by atoms with Crippen LogP contribution in [0.25, 0.3) is 0 Å². The first kappa shape index (κ1) is 24.3. The van der Waals surface area contributed by atoms with Gasteiger partial charge in [-0.3, -0.25) is 24.0 Å². The number of rotatable bonds is 7. The minimum atomic E-state index is -1.84. The van der Waals surface area contributed by atoms with Crippen molar-refractivity contribution in [2.45, 2.75) is 71.4 Å². The molecule has 12 heteroatoms. The molecule has 0 spiro atoms. The number of carbonyl (C=O) groups excluding carboxylic acids is 5. The largest absolute Gasteiger partial charge is 0.462 e. The third-order valence-electron chi connectivity index (χ3n) is 3.59. The van der Waals surface area contributed by atoms with Crippen LogP contribution in [0, 0.1) is 0 Å². The molecule has 1 aliphatic rings. The molecule has 6 atom stereocenters. The molecule has 1 unspecified atom stereocenters. The Morgan fingerprint density at radius 3 is 1.69 bits per heavy atom. The van der Waals surface area contributed by atoms with E-state index in [4.69, 9.17) is 28.4 Å². The van der Waals surface area contributed by atoms with Gasteiger partial charge in [-0.2, -0.15) is 0 Å². The van der Waals surface area contributed by atoms with Crippen molar-refractivity contribution < 1.29 is 57.5 Å². The second kappa shape index (κ2) is 10.7. The summed E-state index contributed by atoms with van der Waals surface area (Å²) in [6, 6.07) is 0. The van der Waals surface area contributed by atoms with Gasteiger partial charge in [0.05, 0.1) is 0 Å². The normalized spacial score (nSPS) is 27.2. The molecule has 0 amide bonds. The van der Waals surface area contributed by atoms with Gasteiger partial charge < -0.3 is 33.5 Å². The van der Waals surface area contributed by atoms with E-state index in [1.165, 1.54) is 0 Å². The minimum absolute atomic E-state index is 0.505. The Morgan fingerprint density at radius 1 is 0.759 bits per heavy atom. The number of esters is 5. The van der Waals surface area contributed by atoms with Crippen molar-refractivity contribution in [1.29, 1.82) is 0 Å². The second-order valence-electron chi connectivity index (χ2n) is 6.16. The maximum Gasteiger partial charge on any atom is 0.303 e. The van der Waals surface area contributed by atoms with Crippen molar-refractivity contribution >= 4 is 29.8 Å². The SMILES string of the molecule is CC(=O)OC[C@H](OC(C)=O)[C@H]1OC(O)[C@@H](OC(C)=O)[C@@H](OC(C)=O)[C@@H]1OC(C)=O. The maximum absolute atomic E-state index is 11.6. The lowest BCUT2D eigenvalue weighted by molar-refractivity contribution is -0.306. The van der Waals surface area contributed by atoms with E-state index >= 15 is 0 Å². The van der Waals surface area contributed by atoms with Crippen molar-refractivity contribution in [2.24, 2.45) is 0 Å². The van der Waals surface area contributed by atoms with Gasteiger partial charge in [-0.05, 0) is 0 Å². The van der Waals surface area contributed by atoms with Gasteiger partial charge >= 0.3 is 29.8 Å². The van der Waals surface area contributed by atoms with Gasteiger partial charge in [-0.1, -0.05) is 0 Å². The van der Waals surface area contributed by atoms with E-state index < -0.39 is 73.3 Å². The van der Waals surface area contributed by atoms with E-state index in [1.807, 2.05) is 0 Å². The van der Waals surface area contributed by atoms with Crippen molar-refractivity contribution in [1.82, 2.24) is 0 Å². The van der Waals surface area contributed by atoms with Crippen LogP contribution in [0.1, 0.15) is 34.6 Å². The first-order valence-corrected chi connectivity index (χ1v) is 8.58. The molecule has 1 rings (SSSR count). The average Bonchev–Trinajstić information content (AvgIpc) is 2.55. The highest BCUT2D eigenvalue weighted by atomic mass is 16.7. The molecule has 0 aromatic rings. The van der Waals surface area contributed by atoms with Crippen LogP contribution in [-0.4, -0.2) is 78.4 Å². The van der Waals surface area contributed by atoms with E-state index in [1.54, 1.807) is 0 Å². The first-order valence-electron chi connectivity index (χ1n) is 8.58. The molecule has 0 aliphatic carbocycles. The fourth-order valence-electron chi connectivity index (χ4n) is 2.73. The van der Waals surface area contributed by atoms with Gasteiger partial charge in [0.15, 0.2) is 30.7 Å². The Hall–Kier alpha value is -2.73. The number of hydrogen-bond donors (Lipinski definition) is 1. The van der Waals surface area contributed by atoms with Gasteiger partial charge in [0.2, 0.25) is 0 Å². The molecular weight excluding hydrogens is 396 g/mol. The van der Waals surface area contributed by atoms with Crippen LogP contribution in [0.15, 0.2) is 0 Å². The van der Waals surface area contributed by atoms with Gasteiger partial charge in [0.1, 0.15) is 12.7 Å². The predicted octanol–water partition coefficient (Wildman–Crippen LogP) is -1.01. The van der Waals surface area contributed by atoms with Crippen LogP contribution in [0.3, 0.4) is 0 Å². The molecule has 1 aliphatic heterocycles. The summed E-state index contributed by atoms with van der Waals surface area (Å²) in [6.45, 7) is 4.84. The molecule has 1 heterocycles. The Balaban J connectivity index is 3.34. The van der Waals surface area contributed by atoms with Crippen molar-refractivity contribution in [3.63, 3.8) is 0 Å². The highest BCUT2D eigenvalue weighted by Gasteiger charge is 2.54. The molecule has 1 fully saturated rings. The zero-order chi connectivity index (χ0) is 22.3. The predicted molar refractivity (Wildman–Crippen MR) is 89.7 cm³/mol. The zero-order valence-electron chi connectivity index (χ0n) is 16.6. The van der Waals surface area contributed by atoms with Crippen LogP contribution < -0.4 is 0 Å². The van der Waals surface area contributed by atoms with Gasteiger partial charge in [-0.15, -0.1) is 0 Å². The molecule has 0 saturated carbocycles. The number of ether oxygens (including phenoxy) is 6. The monoisotopic (exact) mass is 420 g/mol. The highest BCUT2D eigenvalue weighted by molar-refractivity contribution is 5.69. The summed E-state index contributed by atoms with van der Waals surface area (Å²) >= 11 is 0. The molecule has 0 aromatic carbocycles. The first-order chi connectivity index (χ1) is 13.4. The van der Waals surface area contributed by atoms with Crippen molar-refractivity contribution in [2.75, 3.05) is 6.61 Å². The van der Waals surface area contributed by atoms with E-state index in [0.29, 0.717) is 0 Å². The molecule has 164 valence electrons. The molecule has 0 aromatic heterocycles. The third kappa shape index (κ3) is 7.66. The molecule has 1 N–H and O–H groups in total. The summed E-state index contributed by atoms with van der Waals surface area (Å²) in [4.78, 5) is 57.2. The lowest BCUT2D eigenvalue weighted by atomic mass is 9.94. The van der Waals surface area contributed by atoms with Crippen LogP contribution in [0.2, 0.25) is 0 Å². The zero-order valence-corrected chi connectivity index (χ0v) is 16.6. The third-order valence-corrected chi connectivity index (χ3v) is 3.59. The van der Waals surface area contributed by atoms with E-state index in [9.17, 15) is 29.1 Å². The summed E-state index contributed by atoms with van der Waals surface area (Å²) in [6.07, 6.45) is -9.10. The van der Waals surface area contributed by atoms with Crippen LogP contribution in [0.5, 0.6) is 0 Å². The summed E-state index contributed by atoms with van der Waals surface area (Å²) < 4.78 is 30.5. The summed E-state index contributed by atoms with van der Waals surface area (Å²) in [5.41, 5.74) is 0. The maximum atomic E-state index is 11.6. The quantitative estimate of drug-likeness (QED) is 0.395. The molecule has 0 bridgehead atoms. The molecule has 1 saturated heterocycles. The van der Waals surface area contributed by atoms with Gasteiger partial charge in [0.25, 0.3) is 0 Å². The van der Waals surface area contributed by atoms with Gasteiger partial charge in [0, 0.05) is 34.6 Å². The van der Waals surface area contributed by atoms with Crippen LogP contribution in [-0.2, 0) is 52.4 Å². The Kier molecular flexibility index (Phi) is 8.98. The topological polar surface area (TPSA) is 161 Å². The fraction of sp³-hybridized carbons (Fsp3) is 0.706. The van der Waals surface area contributed by atoms with Crippen molar-refractivity contribution in [3.05, 3.63) is 0 Å². The number of carbonyl (C=O) groups is 5. The number of aliphatic hydroxyl groups excluding tert-OH is 1. The Morgan fingerprint density at radius 2 is 1.24 bits per heavy atom. The average molecular weight is 420 g/mol. The number of aliphatic hydroxyl groups is 1. The van der Waals surface area contributed by atoms with Crippen LogP contribution >= 0.6 is 0 Å². The van der Waals surface area contributed by atoms with Gasteiger partial charge in [-0.25, -0.2) is 0 Å². The minimum Gasteiger partial charge on any atom is -0.462 e. The Bertz CT molecular complexity index is 644. The van der Waals surface area contributed by atoms with E-state index in [0.717, 1.165) is 34.6 Å². The molecular formula is C17H24O12. The standard InChI is InChI=1S/C17H24O12/c1-7(18)24-6-12(25-8(2)19)13-14(26-9(3)20)15(27-10(4)21)16(17(23)29-13)28-11(5)22/h12-17,23H,6H2,1-5H3/t12-,13+,14+,15-,16-,17?/m0/s1. The van der Waals surface area contributed by atoms with E-state index in [2.05, 4.69) is 0 Å². The second-order valence-corrected chi connectivity index (χ2v) is 6.16. The molecule has 29 heavy (non-hydrogen) atoms. The number of hydrogen-bond acceptors (Lipinski definition) is 12. The molecule has 12 nitrogen and oxygen atoms in total. The van der Waals surface area contributed by atoms with Crippen molar-refractivity contribution in [3.8, 4) is 0 Å². The lowest BCUT2D eigenvalue weighted by Crippen LogP contribution is -2.64. The smallest absolute Gasteiger partial charge is 0.303 e. The summed E-state index contributed by atoms with van der Waals surface area (Å²) in [5.74, 6) is -3.97. The highest BCUT2D eigenvalue weighted by Crippen LogP contribution is 2.30. The van der Waals surface area contributed by atoms with E-state index in [-0.39, 0.29) is 0 Å². The summed E-state index contributed by atoms with van der Waals surface area (Å²) in [5, 5.41) is 10.3.